The molecule has 1 aromatic rings. The van der Waals surface area contributed by atoms with Crippen LogP contribution in [0.4, 0.5) is 0 Å². The number of ether oxygens (including phenoxy) is 4. The molecule has 1 saturated carbocycles. The molecule has 4 aliphatic rings. The van der Waals surface area contributed by atoms with Crippen molar-refractivity contribution in [3.05, 3.63) is 35.9 Å². The fraction of sp³-hybridized carbons (Fsp3) is 0.778. The number of benzene rings is 1. The number of carboxylic acid groups (broad SMARTS) is 1. The highest BCUT2D eigenvalue weighted by Crippen LogP contribution is 2.34. The predicted molar refractivity (Wildman–Crippen MR) is 185 cm³/mol. The second-order valence-electron chi connectivity index (χ2n) is 14.8. The van der Waals surface area contributed by atoms with E-state index in [-0.39, 0.29) is 25.0 Å². The molecule has 1 aromatic carbocycles. The monoisotopic (exact) mass is 758 g/mol. The van der Waals surface area contributed by atoms with Crippen LogP contribution in [0.1, 0.15) is 52.0 Å². The number of carbonyl (C=O) groups excluding carboxylic acids is 1. The summed E-state index contributed by atoms with van der Waals surface area (Å²) in [6.07, 6.45) is -12.0. The van der Waals surface area contributed by atoms with Crippen LogP contribution in [-0.4, -0.2) is 163 Å². The van der Waals surface area contributed by atoms with Crippen molar-refractivity contribution in [3.63, 3.8) is 0 Å². The first kappa shape index (κ1) is 43.4. The van der Waals surface area contributed by atoms with Gasteiger partial charge in [-0.15, -0.1) is 0 Å². The van der Waals surface area contributed by atoms with Crippen LogP contribution in [0, 0.1) is 17.8 Å². The first-order valence-electron chi connectivity index (χ1n) is 18.4. The van der Waals surface area contributed by atoms with E-state index in [1.807, 2.05) is 30.3 Å². The Bertz CT molecular complexity index is 1270. The topological polar surface area (TPSA) is 277 Å². The summed E-state index contributed by atoms with van der Waals surface area (Å²) in [7, 11) is 0. The van der Waals surface area contributed by atoms with E-state index >= 15 is 0 Å². The number of β-amino-alcohol motifs (C(OH)–C–C–N with tert-alkyl or cyclic N) is 1. The summed E-state index contributed by atoms with van der Waals surface area (Å²) in [5.74, 6) is 0.235. The average molecular weight is 759 g/mol. The average Bonchev–Trinajstić information content (AvgIpc) is 3.51. The third kappa shape index (κ3) is 11.1. The van der Waals surface area contributed by atoms with E-state index in [2.05, 4.69) is 24.5 Å². The van der Waals surface area contributed by atoms with E-state index in [0.29, 0.717) is 18.3 Å². The summed E-state index contributed by atoms with van der Waals surface area (Å²) in [5, 5.41) is 94.8. The quantitative estimate of drug-likeness (QED) is 0.106. The van der Waals surface area contributed by atoms with Gasteiger partial charge >= 0.3 is 5.97 Å². The predicted octanol–water partition coefficient (Wildman–Crippen LogP) is -2.39. The number of aliphatic carboxylic acids is 1. The van der Waals surface area contributed by atoms with Gasteiger partial charge in [0, 0.05) is 18.9 Å². The molecule has 4 fully saturated rings. The largest absolute Gasteiger partial charge is 0.480 e. The molecule has 302 valence electrons. The van der Waals surface area contributed by atoms with E-state index in [0.717, 1.165) is 31.2 Å². The zero-order chi connectivity index (χ0) is 39.0. The lowest BCUT2D eigenvalue weighted by Crippen LogP contribution is -2.64. The molecule has 0 bridgehead atoms. The molecule has 17 nitrogen and oxygen atoms in total. The number of aliphatic hydroxyl groups is 8. The van der Waals surface area contributed by atoms with Crippen molar-refractivity contribution < 1.29 is 74.5 Å². The smallest absolute Gasteiger partial charge is 0.326 e. The minimum Gasteiger partial charge on any atom is -0.480 e. The summed E-state index contributed by atoms with van der Waals surface area (Å²) in [5.41, 5.74) is 0.920. The van der Waals surface area contributed by atoms with Crippen LogP contribution >= 0.6 is 0 Å². The standard InChI is InChI=1S/C19H27NO3.C17H31NO12/c1-13(2)15-8-10-16(11-9-15)18(21)20-17(19(22)23)12-14-6-4-3-5-7-14;1-5-9(22)10(23)12(25)16(27-5)30-15-8(4-20)28-17(13(26)11(15)24)29-14-6(3-19)18-2-7(14)21/h3-7,13,15-17H,8-12H2,1-2H3,(H,20,21)(H,22,23);5-26H,2-4H2,1H3/t15?,16?,17-;5-,6-,7-,8-,9-,10+,11-,12-,13-,14-,15-,16-,17-/m11/s1. The minimum atomic E-state index is -1.67. The van der Waals surface area contributed by atoms with Gasteiger partial charge in [-0.2, -0.15) is 0 Å². The van der Waals surface area contributed by atoms with Gasteiger partial charge in [-0.3, -0.25) is 4.79 Å². The van der Waals surface area contributed by atoms with Crippen molar-refractivity contribution in [3.8, 4) is 0 Å². The first-order chi connectivity index (χ1) is 25.2. The van der Waals surface area contributed by atoms with E-state index < -0.39 is 98.3 Å². The fourth-order valence-electron chi connectivity index (χ4n) is 7.28. The van der Waals surface area contributed by atoms with Gasteiger partial charge in [-0.05, 0) is 50.0 Å². The van der Waals surface area contributed by atoms with Gasteiger partial charge in [0.2, 0.25) is 5.91 Å². The zero-order valence-electron chi connectivity index (χ0n) is 30.3. The molecule has 14 atom stereocenters. The maximum atomic E-state index is 12.4. The summed E-state index contributed by atoms with van der Waals surface area (Å²) >= 11 is 0. The van der Waals surface area contributed by atoms with E-state index in [9.17, 15) is 55.5 Å². The van der Waals surface area contributed by atoms with Crippen molar-refractivity contribution >= 4 is 11.9 Å². The van der Waals surface area contributed by atoms with Crippen molar-refractivity contribution in [1.29, 1.82) is 0 Å². The molecule has 0 unspecified atom stereocenters. The highest BCUT2D eigenvalue weighted by molar-refractivity contribution is 5.85. The summed E-state index contributed by atoms with van der Waals surface area (Å²) in [6, 6.07) is 7.95. The van der Waals surface area contributed by atoms with Gasteiger partial charge in [-0.1, -0.05) is 44.2 Å². The van der Waals surface area contributed by atoms with Crippen LogP contribution in [0.25, 0.3) is 0 Å². The number of carboxylic acids is 1. The van der Waals surface area contributed by atoms with Gasteiger partial charge in [0.15, 0.2) is 12.6 Å². The molecular formula is C36H58N2O15. The van der Waals surface area contributed by atoms with Crippen LogP contribution in [0.15, 0.2) is 30.3 Å². The Morgan fingerprint density at radius 1 is 0.830 bits per heavy atom. The number of aliphatic hydroxyl groups excluding tert-OH is 8. The molecule has 0 spiro atoms. The molecule has 0 aromatic heterocycles. The molecule has 3 aliphatic heterocycles. The third-order valence-electron chi connectivity index (χ3n) is 10.8. The molecular weight excluding hydrogens is 700 g/mol. The Morgan fingerprint density at radius 3 is 2.02 bits per heavy atom. The molecule has 53 heavy (non-hydrogen) atoms. The number of carbonyl (C=O) groups is 2. The van der Waals surface area contributed by atoms with Crippen molar-refractivity contribution in [1.82, 2.24) is 10.6 Å². The van der Waals surface area contributed by atoms with Crippen molar-refractivity contribution in [2.24, 2.45) is 17.8 Å². The molecule has 17 heteroatoms. The maximum absolute atomic E-state index is 12.4. The zero-order valence-corrected chi connectivity index (χ0v) is 30.3. The normalized spacial score (nSPS) is 39.5. The van der Waals surface area contributed by atoms with Crippen molar-refractivity contribution in [2.45, 2.75) is 139 Å². The van der Waals surface area contributed by atoms with Crippen molar-refractivity contribution in [2.75, 3.05) is 19.8 Å². The molecule has 5 rings (SSSR count). The van der Waals surface area contributed by atoms with Crippen LogP contribution < -0.4 is 10.6 Å². The third-order valence-corrected chi connectivity index (χ3v) is 10.8. The van der Waals surface area contributed by atoms with Crippen LogP contribution in [0.5, 0.6) is 0 Å². The summed E-state index contributed by atoms with van der Waals surface area (Å²) in [6.45, 7) is 5.05. The van der Waals surface area contributed by atoms with Gasteiger partial charge < -0.3 is 75.5 Å². The Hall–Kier alpha value is -2.36. The minimum absolute atomic E-state index is 0.0392. The number of rotatable bonds is 12. The maximum Gasteiger partial charge on any atom is 0.326 e. The molecule has 11 N–H and O–H groups in total. The Kier molecular flexibility index (Phi) is 16.4. The van der Waals surface area contributed by atoms with Crippen LogP contribution in [0.3, 0.4) is 0 Å². The highest BCUT2D eigenvalue weighted by atomic mass is 16.7. The highest BCUT2D eigenvalue weighted by Gasteiger charge is 2.51. The Morgan fingerprint density at radius 2 is 1.43 bits per heavy atom. The lowest BCUT2D eigenvalue weighted by molar-refractivity contribution is -0.361. The second kappa shape index (κ2) is 20.0. The van der Waals surface area contributed by atoms with Gasteiger partial charge in [-0.25, -0.2) is 4.79 Å². The lowest BCUT2D eigenvalue weighted by Gasteiger charge is -2.46. The van der Waals surface area contributed by atoms with Gasteiger partial charge in [0.1, 0.15) is 54.9 Å². The van der Waals surface area contributed by atoms with Crippen LogP contribution in [-0.2, 0) is 35.0 Å². The first-order valence-corrected chi connectivity index (χ1v) is 18.4. The summed E-state index contributed by atoms with van der Waals surface area (Å²) < 4.78 is 21.9. The number of nitrogens with one attached hydrogen (secondary N) is 2. The Balaban J connectivity index is 0.000000245. The van der Waals surface area contributed by atoms with E-state index in [4.69, 9.17) is 18.9 Å². The number of hydrogen-bond donors (Lipinski definition) is 11. The molecule has 0 radical (unpaired) electrons. The van der Waals surface area contributed by atoms with E-state index in [1.165, 1.54) is 6.92 Å². The molecule has 3 saturated heterocycles. The SMILES string of the molecule is CC(C)C1CCC(C(=O)N[C@H](Cc2ccccc2)C(=O)O)CC1.C[C@H]1O[C@H](O[C@H]2[C@H](O)[C@@H](O)[C@@H](O[C@H]3[C@H](O)CN[C@@H]3CO)O[C@@H]2CO)[C@H](O)[C@@H](O)[C@@H]1O. The fourth-order valence-corrected chi connectivity index (χ4v) is 7.28. The molecule has 3 heterocycles. The van der Waals surface area contributed by atoms with E-state index in [1.54, 1.807) is 0 Å². The van der Waals surface area contributed by atoms with Gasteiger partial charge in [0.05, 0.1) is 31.5 Å². The number of hydrogen-bond acceptors (Lipinski definition) is 15. The molecule has 1 aliphatic carbocycles. The molecule has 1 amide bonds. The number of amides is 1. The Labute approximate surface area is 308 Å². The van der Waals surface area contributed by atoms with Gasteiger partial charge in [0.25, 0.3) is 0 Å². The lowest BCUT2D eigenvalue weighted by atomic mass is 9.76. The van der Waals surface area contributed by atoms with Crippen LogP contribution in [0.2, 0.25) is 0 Å². The second-order valence-corrected chi connectivity index (χ2v) is 14.8. The summed E-state index contributed by atoms with van der Waals surface area (Å²) in [4.78, 5) is 23.9.